The summed E-state index contributed by atoms with van der Waals surface area (Å²) in [4.78, 5) is 11.5. The third kappa shape index (κ3) is 3.59. The molecule has 1 aromatic rings. The molecule has 1 rings (SSSR count). The third-order valence-electron chi connectivity index (χ3n) is 2.00. The van der Waals surface area contributed by atoms with Gasteiger partial charge < -0.3 is 10.6 Å². The number of rotatable bonds is 4. The number of para-hydroxylation sites is 1. The van der Waals surface area contributed by atoms with E-state index in [-0.39, 0.29) is 18.5 Å². The zero-order valence-corrected chi connectivity index (χ0v) is 10.5. The van der Waals surface area contributed by atoms with Crippen LogP contribution in [0.4, 0.5) is 5.69 Å². The first-order valence-corrected chi connectivity index (χ1v) is 5.66. The molecule has 0 aliphatic carbocycles. The number of hydrogen-bond acceptors (Lipinski definition) is 2. The van der Waals surface area contributed by atoms with Gasteiger partial charge >= 0.3 is 0 Å². The largest absolute Gasteiger partial charge is 0.373 e. The second kappa shape index (κ2) is 6.19. The maximum atomic E-state index is 11.5. The van der Waals surface area contributed by atoms with E-state index in [1.807, 2.05) is 24.3 Å². The number of halogens is 1. The molecule has 3 nitrogen and oxygen atoms in total. The van der Waals surface area contributed by atoms with Gasteiger partial charge in [-0.15, -0.1) is 6.42 Å². The van der Waals surface area contributed by atoms with Gasteiger partial charge in [-0.25, -0.2) is 0 Å². The summed E-state index contributed by atoms with van der Waals surface area (Å²) in [6.45, 7) is 2.03. The maximum absolute atomic E-state index is 11.5. The van der Waals surface area contributed by atoms with Gasteiger partial charge in [0.05, 0.1) is 6.54 Å². The van der Waals surface area contributed by atoms with Crippen molar-refractivity contribution in [1.82, 2.24) is 5.32 Å². The molecule has 16 heavy (non-hydrogen) atoms. The number of amides is 1. The Morgan fingerprint density at radius 2 is 2.25 bits per heavy atom. The molecule has 0 bridgehead atoms. The van der Waals surface area contributed by atoms with Crippen LogP contribution >= 0.6 is 15.9 Å². The zero-order valence-electron chi connectivity index (χ0n) is 8.96. The van der Waals surface area contributed by atoms with Crippen LogP contribution in [0.1, 0.15) is 6.92 Å². The lowest BCUT2D eigenvalue weighted by Crippen LogP contribution is -2.37. The molecule has 1 atom stereocenters. The summed E-state index contributed by atoms with van der Waals surface area (Å²) in [5, 5.41) is 5.71. The lowest BCUT2D eigenvalue weighted by atomic mass is 10.2. The zero-order chi connectivity index (χ0) is 12.0. The molecule has 0 aliphatic rings. The lowest BCUT2D eigenvalue weighted by Gasteiger charge is -2.15. The Balaban J connectivity index is 2.58. The van der Waals surface area contributed by atoms with Gasteiger partial charge in [0.1, 0.15) is 6.04 Å². The van der Waals surface area contributed by atoms with Gasteiger partial charge in [0.15, 0.2) is 0 Å². The molecular formula is C12H13BrN2O. The number of carbonyl (C=O) groups is 1. The van der Waals surface area contributed by atoms with Crippen molar-refractivity contribution in [1.29, 1.82) is 0 Å². The Labute approximate surface area is 104 Å². The van der Waals surface area contributed by atoms with Crippen molar-refractivity contribution in [3.63, 3.8) is 0 Å². The molecule has 0 aromatic heterocycles. The Hall–Kier alpha value is -1.47. The number of nitrogens with one attached hydrogen (secondary N) is 2. The van der Waals surface area contributed by atoms with E-state index in [1.54, 1.807) is 6.92 Å². The van der Waals surface area contributed by atoms with E-state index in [2.05, 4.69) is 32.5 Å². The fraction of sp³-hybridized carbons (Fsp3) is 0.250. The van der Waals surface area contributed by atoms with Gasteiger partial charge in [-0.2, -0.15) is 0 Å². The van der Waals surface area contributed by atoms with Crippen LogP contribution in [0.3, 0.4) is 0 Å². The SMILES string of the molecule is C#CCNC(=O)C(C)Nc1ccccc1Br. The Bertz CT molecular complexity index is 412. The molecule has 0 heterocycles. The van der Waals surface area contributed by atoms with E-state index in [4.69, 9.17) is 6.42 Å². The third-order valence-corrected chi connectivity index (χ3v) is 2.70. The van der Waals surface area contributed by atoms with Crippen LogP contribution in [-0.2, 0) is 4.79 Å². The Morgan fingerprint density at radius 1 is 1.56 bits per heavy atom. The Morgan fingerprint density at radius 3 is 2.88 bits per heavy atom. The summed E-state index contributed by atoms with van der Waals surface area (Å²) >= 11 is 3.40. The number of hydrogen-bond donors (Lipinski definition) is 2. The minimum atomic E-state index is -0.327. The first-order valence-electron chi connectivity index (χ1n) is 4.87. The van der Waals surface area contributed by atoms with E-state index in [0.717, 1.165) is 10.2 Å². The summed E-state index contributed by atoms with van der Waals surface area (Å²) in [6.07, 6.45) is 5.06. The normalized spacial score (nSPS) is 11.3. The minimum absolute atomic E-state index is 0.117. The predicted octanol–water partition coefficient (Wildman–Crippen LogP) is 2.00. The highest BCUT2D eigenvalue weighted by atomic mass is 79.9. The molecule has 0 aliphatic heterocycles. The molecule has 0 radical (unpaired) electrons. The van der Waals surface area contributed by atoms with Gasteiger partial charge in [0, 0.05) is 10.2 Å². The second-order valence-corrected chi connectivity index (χ2v) is 4.12. The van der Waals surface area contributed by atoms with Crippen LogP contribution in [0.15, 0.2) is 28.7 Å². The average molecular weight is 281 g/mol. The number of benzene rings is 1. The van der Waals surface area contributed by atoms with E-state index in [0.29, 0.717) is 0 Å². The fourth-order valence-corrected chi connectivity index (χ4v) is 1.57. The van der Waals surface area contributed by atoms with Crippen LogP contribution in [0.2, 0.25) is 0 Å². The number of anilines is 1. The standard InChI is InChI=1S/C12H13BrN2O/c1-3-8-14-12(16)9(2)15-11-7-5-4-6-10(11)13/h1,4-7,9,15H,8H2,2H3,(H,14,16). The summed E-state index contributed by atoms with van der Waals surface area (Å²) < 4.78 is 0.923. The molecule has 0 saturated carbocycles. The first kappa shape index (κ1) is 12.6. The molecule has 84 valence electrons. The van der Waals surface area contributed by atoms with Crippen LogP contribution in [-0.4, -0.2) is 18.5 Å². The summed E-state index contributed by atoms with van der Waals surface area (Å²) in [7, 11) is 0. The molecule has 0 spiro atoms. The molecule has 1 aromatic carbocycles. The molecule has 4 heteroatoms. The van der Waals surface area contributed by atoms with Crippen molar-refractivity contribution in [2.45, 2.75) is 13.0 Å². The van der Waals surface area contributed by atoms with Crippen LogP contribution in [0.5, 0.6) is 0 Å². The fourth-order valence-electron chi connectivity index (χ4n) is 1.17. The summed E-state index contributed by atoms with van der Waals surface area (Å²) in [5.41, 5.74) is 0.880. The van der Waals surface area contributed by atoms with Crippen molar-refractivity contribution in [3.8, 4) is 12.3 Å². The average Bonchev–Trinajstić information content (AvgIpc) is 2.28. The van der Waals surface area contributed by atoms with E-state index in [9.17, 15) is 4.79 Å². The van der Waals surface area contributed by atoms with Crippen LogP contribution in [0.25, 0.3) is 0 Å². The Kier molecular flexibility index (Phi) is 4.87. The molecule has 1 amide bonds. The summed E-state index contributed by atoms with van der Waals surface area (Å²) in [5.74, 6) is 2.24. The van der Waals surface area contributed by atoms with Gasteiger partial charge in [-0.1, -0.05) is 18.1 Å². The number of terminal acetylenes is 1. The van der Waals surface area contributed by atoms with Crippen molar-refractivity contribution < 1.29 is 4.79 Å². The van der Waals surface area contributed by atoms with E-state index >= 15 is 0 Å². The van der Waals surface area contributed by atoms with E-state index in [1.165, 1.54) is 0 Å². The second-order valence-electron chi connectivity index (χ2n) is 3.27. The molecule has 1 unspecified atom stereocenters. The van der Waals surface area contributed by atoms with Crippen LogP contribution < -0.4 is 10.6 Å². The topological polar surface area (TPSA) is 41.1 Å². The van der Waals surface area contributed by atoms with Gasteiger partial charge in [0.2, 0.25) is 5.91 Å². The number of carbonyl (C=O) groups excluding carboxylic acids is 1. The van der Waals surface area contributed by atoms with Crippen molar-refractivity contribution in [3.05, 3.63) is 28.7 Å². The van der Waals surface area contributed by atoms with Crippen molar-refractivity contribution in [2.24, 2.45) is 0 Å². The van der Waals surface area contributed by atoms with Crippen molar-refractivity contribution in [2.75, 3.05) is 11.9 Å². The first-order chi connectivity index (χ1) is 7.65. The van der Waals surface area contributed by atoms with Gasteiger partial charge in [-0.3, -0.25) is 4.79 Å². The highest BCUT2D eigenvalue weighted by Gasteiger charge is 2.12. The molecular weight excluding hydrogens is 268 g/mol. The van der Waals surface area contributed by atoms with E-state index < -0.39 is 0 Å². The smallest absolute Gasteiger partial charge is 0.242 e. The quantitative estimate of drug-likeness (QED) is 0.829. The van der Waals surface area contributed by atoms with Crippen molar-refractivity contribution >= 4 is 27.5 Å². The highest BCUT2D eigenvalue weighted by Crippen LogP contribution is 2.21. The highest BCUT2D eigenvalue weighted by molar-refractivity contribution is 9.10. The van der Waals surface area contributed by atoms with Gasteiger partial charge in [0.25, 0.3) is 0 Å². The molecule has 0 fully saturated rings. The minimum Gasteiger partial charge on any atom is -0.373 e. The lowest BCUT2D eigenvalue weighted by molar-refractivity contribution is -0.121. The predicted molar refractivity (Wildman–Crippen MR) is 69.1 cm³/mol. The maximum Gasteiger partial charge on any atom is 0.242 e. The molecule has 0 saturated heterocycles. The monoisotopic (exact) mass is 280 g/mol. The van der Waals surface area contributed by atoms with Gasteiger partial charge in [-0.05, 0) is 35.0 Å². The van der Waals surface area contributed by atoms with Crippen LogP contribution in [0, 0.1) is 12.3 Å². The molecule has 2 N–H and O–H groups in total. The summed E-state index contributed by atoms with van der Waals surface area (Å²) in [6, 6.07) is 7.30.